The average Bonchev–Trinajstić information content (AvgIpc) is 0.862. The van der Waals surface area contributed by atoms with E-state index in [1.54, 1.807) is 103 Å². The molecule has 3 heterocycles. The second kappa shape index (κ2) is 28.2. The van der Waals surface area contributed by atoms with Crippen molar-refractivity contribution in [3.05, 3.63) is 51.8 Å². The van der Waals surface area contributed by atoms with E-state index >= 15 is 0 Å². The number of amides is 6. The number of alkyl carbamates (subject to hydrolysis) is 3. The summed E-state index contributed by atoms with van der Waals surface area (Å²) >= 11 is 0. The second-order valence-electron chi connectivity index (χ2n) is 26.7. The van der Waals surface area contributed by atoms with Gasteiger partial charge in [0.15, 0.2) is 6.29 Å². The number of nitrogens with one attached hydrogen (secondary N) is 5. The van der Waals surface area contributed by atoms with Gasteiger partial charge in [0.05, 0.1) is 48.9 Å². The monoisotopic (exact) mass is 1220 g/mol. The minimum atomic E-state index is -1.92. The lowest BCUT2D eigenvalue weighted by Crippen LogP contribution is -2.71. The molecule has 29 nitrogen and oxygen atoms in total. The van der Waals surface area contributed by atoms with E-state index in [9.17, 15) is 59.3 Å². The molecule has 6 amide bonds. The smallest absolute Gasteiger partial charge is 0.412 e. The molecule has 0 bridgehead atoms. The van der Waals surface area contributed by atoms with E-state index in [-0.39, 0.29) is 63.6 Å². The van der Waals surface area contributed by atoms with E-state index in [0.717, 1.165) is 4.90 Å². The van der Waals surface area contributed by atoms with E-state index in [1.165, 1.54) is 43.1 Å². The molecule has 0 aromatic heterocycles. The highest BCUT2D eigenvalue weighted by molar-refractivity contribution is 5.81. The number of hydrogen-bond donors (Lipinski definition) is 9. The molecule has 1 saturated carbocycles. The molecule has 0 spiro atoms. The Kier molecular flexibility index (Phi) is 23.1. The van der Waals surface area contributed by atoms with Crippen molar-refractivity contribution in [1.29, 1.82) is 0 Å². The van der Waals surface area contributed by atoms with E-state index in [0.29, 0.717) is 5.56 Å². The lowest BCUT2D eigenvalue weighted by atomic mass is 9.72. The van der Waals surface area contributed by atoms with Crippen molar-refractivity contribution in [2.24, 2.45) is 5.92 Å². The summed E-state index contributed by atoms with van der Waals surface area (Å²) < 4.78 is 53.3. The molecule has 486 valence electrons. The van der Waals surface area contributed by atoms with Crippen LogP contribution in [0.2, 0.25) is 0 Å². The summed E-state index contributed by atoms with van der Waals surface area (Å²) in [6.07, 6.45) is -13.3. The first-order chi connectivity index (χ1) is 39.5. The Labute approximate surface area is 501 Å². The molecule has 2 unspecified atom stereocenters. The normalized spacial score (nSPS) is 28.1. The number of benzene rings is 1. The predicted molar refractivity (Wildman–Crippen MR) is 306 cm³/mol. The lowest BCUT2D eigenvalue weighted by Gasteiger charge is -2.52. The van der Waals surface area contributed by atoms with Gasteiger partial charge in [-0.05, 0) is 147 Å². The number of ether oxygens (including phenoxy) is 9. The zero-order chi connectivity index (χ0) is 64.7. The second-order valence-corrected chi connectivity index (χ2v) is 26.7. The third-order valence-corrected chi connectivity index (χ3v) is 14.1. The topological polar surface area (TPSA) is 376 Å². The summed E-state index contributed by atoms with van der Waals surface area (Å²) in [6.45, 7) is 23.5. The standard InChI is InChI=1S/C57H92N8O21/c1-52(2,3)83-48(71)58-24-23-38(66)45(69)61-37-25-36(62-49(72)84-53(4,5)6)39(40(67)43(37)82-46-41(68)44(57(15,75)30-79-46)63(16)50(73)85-54(7,8)9)42-35(59-26-33-29-80-56(13,14)64(33)51(74)86-55(10,11)12)22-21-34(81-42)27-60-47(70)78-28-31-17-19-32(20-18-31)65(76)77/h17-21,33,35-44,46,59,66-68,75H,22-30H2,1-16H3,(H,58,71)(H,60,70)(H,61,69)(H,62,72)/t33?,35-,36+,37-,38+,39?,40+,41-,42+,43+,44-,46-,57+/m1/s1. The van der Waals surface area contributed by atoms with Crippen LogP contribution in [-0.4, -0.2) is 212 Å². The van der Waals surface area contributed by atoms with Crippen LogP contribution in [0.15, 0.2) is 36.1 Å². The highest BCUT2D eigenvalue weighted by Crippen LogP contribution is 2.39. The van der Waals surface area contributed by atoms with E-state index in [1.807, 2.05) is 0 Å². The molecule has 86 heavy (non-hydrogen) atoms. The molecule has 2 saturated heterocycles. The van der Waals surface area contributed by atoms with Crippen molar-refractivity contribution in [3.63, 3.8) is 0 Å². The number of carbonyl (C=O) groups is 6. The van der Waals surface area contributed by atoms with Gasteiger partial charge in [-0.25, -0.2) is 24.0 Å². The third-order valence-electron chi connectivity index (χ3n) is 14.1. The molecule has 1 aliphatic carbocycles. The number of hydrogen-bond acceptors (Lipinski definition) is 22. The number of non-ortho nitro benzene ring substituents is 1. The number of nitrogens with zero attached hydrogens (tertiary/aromatic N) is 3. The van der Waals surface area contributed by atoms with Crippen LogP contribution < -0.4 is 26.6 Å². The maximum absolute atomic E-state index is 14.2. The van der Waals surface area contributed by atoms with Gasteiger partial charge in [0, 0.05) is 50.3 Å². The van der Waals surface area contributed by atoms with Crippen molar-refractivity contribution in [2.75, 3.05) is 39.9 Å². The predicted octanol–water partition coefficient (Wildman–Crippen LogP) is 3.95. The fourth-order valence-electron chi connectivity index (χ4n) is 10.4. The fraction of sp³-hybridized carbons (Fsp3) is 0.754. The van der Waals surface area contributed by atoms with Gasteiger partial charge in [-0.1, -0.05) is 0 Å². The van der Waals surface area contributed by atoms with Gasteiger partial charge in [0.1, 0.15) is 70.5 Å². The summed E-state index contributed by atoms with van der Waals surface area (Å²) in [7, 11) is 1.30. The third kappa shape index (κ3) is 20.4. The molecule has 1 aromatic rings. The minimum absolute atomic E-state index is 0.0461. The number of likely N-dealkylation sites (N-methyl/N-ethyl adjacent to an activating group) is 1. The number of nitro groups is 1. The van der Waals surface area contributed by atoms with Gasteiger partial charge < -0.3 is 94.5 Å². The Hall–Kier alpha value is -6.34. The van der Waals surface area contributed by atoms with Gasteiger partial charge in [-0.15, -0.1) is 0 Å². The summed E-state index contributed by atoms with van der Waals surface area (Å²) in [6, 6.07) is -0.156. The van der Waals surface area contributed by atoms with Gasteiger partial charge >= 0.3 is 30.5 Å². The summed E-state index contributed by atoms with van der Waals surface area (Å²) in [5.41, 5.74) is -6.49. The van der Waals surface area contributed by atoms with Gasteiger partial charge in [0.25, 0.3) is 5.69 Å². The molecule has 1 aromatic carbocycles. The molecular weight excluding hydrogens is 1130 g/mol. The minimum Gasteiger partial charge on any atom is -0.491 e. The Morgan fingerprint density at radius 2 is 1.42 bits per heavy atom. The number of carbonyl (C=O) groups excluding carboxylic acids is 6. The maximum atomic E-state index is 14.2. The van der Waals surface area contributed by atoms with E-state index in [4.69, 9.17) is 42.6 Å². The van der Waals surface area contributed by atoms with Crippen LogP contribution in [0.5, 0.6) is 0 Å². The first kappa shape index (κ1) is 70.4. The maximum Gasteiger partial charge on any atom is 0.412 e. The molecule has 3 fully saturated rings. The molecule has 5 rings (SSSR count). The lowest BCUT2D eigenvalue weighted by molar-refractivity contribution is -0.384. The molecular formula is C57H92N8O21. The fourth-order valence-corrected chi connectivity index (χ4v) is 10.4. The van der Waals surface area contributed by atoms with Crippen molar-refractivity contribution < 1.29 is 96.7 Å². The highest BCUT2D eigenvalue weighted by atomic mass is 16.7. The molecule has 4 aliphatic rings. The Bertz CT molecular complexity index is 2560. The molecule has 0 radical (unpaired) electrons. The van der Waals surface area contributed by atoms with Crippen LogP contribution in [0.4, 0.5) is 29.7 Å². The SMILES string of the molecule is CN(C(=O)OC(C)(C)C)[C@@H]1[C@@H](O)[C@@H](O[C@H]2[C@H](NC(=O)[C@@H](O)CCNC(=O)OC(C)(C)C)C[C@H](NC(=O)OC(C)(C)C)C([C@H]3OC(CNC(=O)OCc4ccc([N+](=O)[O-])cc4)=CC[C@H]3NCC3COC(C)(C)N3C(=O)OC(C)(C)C)[C@@H]2O)OC[C@]1(C)O. The van der Waals surface area contributed by atoms with Crippen LogP contribution in [0.25, 0.3) is 0 Å². The van der Waals surface area contributed by atoms with Crippen LogP contribution in [0, 0.1) is 16.0 Å². The van der Waals surface area contributed by atoms with Gasteiger partial charge in [-0.3, -0.25) is 19.8 Å². The van der Waals surface area contributed by atoms with Crippen LogP contribution in [0.1, 0.15) is 129 Å². The first-order valence-corrected chi connectivity index (χ1v) is 28.7. The molecule has 3 aliphatic heterocycles. The van der Waals surface area contributed by atoms with Crippen LogP contribution in [0.3, 0.4) is 0 Å². The summed E-state index contributed by atoms with van der Waals surface area (Å²) in [4.78, 5) is 94.3. The summed E-state index contributed by atoms with van der Waals surface area (Å²) in [5, 5.41) is 73.7. The average molecular weight is 1230 g/mol. The Balaban J connectivity index is 1.57. The Morgan fingerprint density at radius 3 is 2.01 bits per heavy atom. The number of aliphatic hydroxyl groups is 4. The number of nitro benzene ring substituents is 1. The molecule has 13 atom stereocenters. The van der Waals surface area contributed by atoms with Crippen molar-refractivity contribution in [2.45, 2.75) is 230 Å². The Morgan fingerprint density at radius 1 is 0.814 bits per heavy atom. The zero-order valence-corrected chi connectivity index (χ0v) is 52.2. The van der Waals surface area contributed by atoms with Crippen molar-refractivity contribution in [1.82, 2.24) is 36.4 Å². The highest BCUT2D eigenvalue weighted by Gasteiger charge is 2.57. The van der Waals surface area contributed by atoms with E-state index in [2.05, 4.69) is 26.6 Å². The quantitative estimate of drug-likeness (QED) is 0.0571. The first-order valence-electron chi connectivity index (χ1n) is 28.7. The van der Waals surface area contributed by atoms with Crippen molar-refractivity contribution in [3.8, 4) is 0 Å². The van der Waals surface area contributed by atoms with Gasteiger partial charge in [0.2, 0.25) is 5.91 Å². The van der Waals surface area contributed by atoms with Crippen LogP contribution in [-0.2, 0) is 54.0 Å². The van der Waals surface area contributed by atoms with Crippen LogP contribution >= 0.6 is 0 Å². The van der Waals surface area contributed by atoms with Gasteiger partial charge in [-0.2, -0.15) is 0 Å². The number of rotatable bonds is 18. The molecule has 29 heteroatoms. The number of aliphatic hydroxyl groups excluding tert-OH is 3. The molecule has 9 N–H and O–H groups in total. The van der Waals surface area contributed by atoms with E-state index < -0.39 is 155 Å². The van der Waals surface area contributed by atoms with Crippen molar-refractivity contribution >= 4 is 42.1 Å². The zero-order valence-electron chi connectivity index (χ0n) is 52.2. The summed E-state index contributed by atoms with van der Waals surface area (Å²) in [5.74, 6) is -2.17. The largest absolute Gasteiger partial charge is 0.491 e.